The van der Waals surface area contributed by atoms with E-state index in [4.69, 9.17) is 4.98 Å². The molecule has 3 aromatic rings. The van der Waals surface area contributed by atoms with Crippen molar-refractivity contribution in [3.63, 3.8) is 0 Å². The lowest BCUT2D eigenvalue weighted by atomic mass is 9.96. The predicted octanol–water partition coefficient (Wildman–Crippen LogP) is 4.45. The quantitative estimate of drug-likeness (QED) is 0.715. The molecule has 1 aliphatic heterocycles. The van der Waals surface area contributed by atoms with E-state index in [9.17, 15) is 9.18 Å². The molecule has 1 aromatic heterocycles. The molecule has 1 aliphatic rings. The molecule has 0 bridgehead atoms. The molecule has 1 amide bonds. The zero-order valence-corrected chi connectivity index (χ0v) is 16.3. The van der Waals surface area contributed by atoms with E-state index in [2.05, 4.69) is 34.3 Å². The number of aromatic nitrogens is 2. The SMILES string of the molecule is Cc1cccc(-c2nccc(N3CCC(C(=O)Nc4ccc(F)cc4)CC3)n2)c1. The number of hydrogen-bond acceptors (Lipinski definition) is 4. The molecule has 29 heavy (non-hydrogen) atoms. The zero-order valence-electron chi connectivity index (χ0n) is 16.3. The maximum absolute atomic E-state index is 13.0. The van der Waals surface area contributed by atoms with Crippen LogP contribution in [0.15, 0.2) is 60.8 Å². The lowest BCUT2D eigenvalue weighted by Gasteiger charge is -2.32. The Morgan fingerprint density at radius 2 is 1.86 bits per heavy atom. The average Bonchev–Trinajstić information content (AvgIpc) is 2.75. The van der Waals surface area contributed by atoms with E-state index in [1.807, 2.05) is 18.2 Å². The second-order valence-corrected chi connectivity index (χ2v) is 7.37. The third-order valence-electron chi connectivity index (χ3n) is 5.22. The lowest BCUT2D eigenvalue weighted by Crippen LogP contribution is -2.38. The summed E-state index contributed by atoms with van der Waals surface area (Å²) in [6.45, 7) is 3.56. The van der Waals surface area contributed by atoms with Crippen molar-refractivity contribution in [2.24, 2.45) is 5.92 Å². The van der Waals surface area contributed by atoms with Gasteiger partial charge in [0.05, 0.1) is 0 Å². The second kappa shape index (κ2) is 8.39. The number of nitrogens with one attached hydrogen (secondary N) is 1. The van der Waals surface area contributed by atoms with E-state index in [-0.39, 0.29) is 17.6 Å². The van der Waals surface area contributed by atoms with Gasteiger partial charge in [-0.15, -0.1) is 0 Å². The van der Waals surface area contributed by atoms with Gasteiger partial charge in [-0.25, -0.2) is 14.4 Å². The van der Waals surface area contributed by atoms with Crippen molar-refractivity contribution in [1.82, 2.24) is 9.97 Å². The number of halogens is 1. The summed E-state index contributed by atoms with van der Waals surface area (Å²) in [4.78, 5) is 23.9. The lowest BCUT2D eigenvalue weighted by molar-refractivity contribution is -0.120. The summed E-state index contributed by atoms with van der Waals surface area (Å²) < 4.78 is 13.0. The normalized spacial score (nSPS) is 14.6. The number of aryl methyl sites for hydroxylation is 1. The highest BCUT2D eigenvalue weighted by Gasteiger charge is 2.26. The van der Waals surface area contributed by atoms with Crippen LogP contribution >= 0.6 is 0 Å². The van der Waals surface area contributed by atoms with Crippen LogP contribution in [0.25, 0.3) is 11.4 Å². The number of rotatable bonds is 4. The van der Waals surface area contributed by atoms with Crippen molar-refractivity contribution in [3.8, 4) is 11.4 Å². The molecule has 0 spiro atoms. The van der Waals surface area contributed by atoms with Crippen molar-refractivity contribution >= 4 is 17.4 Å². The van der Waals surface area contributed by atoms with Gasteiger partial charge in [-0.3, -0.25) is 4.79 Å². The monoisotopic (exact) mass is 390 g/mol. The smallest absolute Gasteiger partial charge is 0.227 e. The Balaban J connectivity index is 1.39. The molecule has 0 atom stereocenters. The molecule has 148 valence electrons. The number of hydrogen-bond donors (Lipinski definition) is 1. The van der Waals surface area contributed by atoms with Gasteiger partial charge in [0.2, 0.25) is 5.91 Å². The minimum atomic E-state index is -0.314. The molecule has 0 unspecified atom stereocenters. The number of amides is 1. The van der Waals surface area contributed by atoms with Crippen LogP contribution in [0.2, 0.25) is 0 Å². The zero-order chi connectivity index (χ0) is 20.2. The van der Waals surface area contributed by atoms with Gasteiger partial charge in [0.25, 0.3) is 0 Å². The summed E-state index contributed by atoms with van der Waals surface area (Å²) in [5.74, 6) is 1.20. The minimum absolute atomic E-state index is 0.0144. The highest BCUT2D eigenvalue weighted by atomic mass is 19.1. The van der Waals surface area contributed by atoms with Crippen LogP contribution in [0.5, 0.6) is 0 Å². The van der Waals surface area contributed by atoms with Crippen LogP contribution in [0.1, 0.15) is 18.4 Å². The molecule has 5 nitrogen and oxygen atoms in total. The average molecular weight is 390 g/mol. The Morgan fingerprint density at radius 1 is 1.10 bits per heavy atom. The van der Waals surface area contributed by atoms with Crippen LogP contribution in [-0.2, 0) is 4.79 Å². The molecule has 0 aliphatic carbocycles. The third kappa shape index (κ3) is 4.59. The first kappa shape index (κ1) is 19.1. The fourth-order valence-electron chi connectivity index (χ4n) is 3.60. The Hall–Kier alpha value is -3.28. The molecular formula is C23H23FN4O. The Kier molecular flexibility index (Phi) is 5.51. The highest BCUT2D eigenvalue weighted by molar-refractivity contribution is 5.92. The maximum Gasteiger partial charge on any atom is 0.227 e. The second-order valence-electron chi connectivity index (χ2n) is 7.37. The molecule has 1 saturated heterocycles. The number of carbonyl (C=O) groups excluding carboxylic acids is 1. The molecule has 0 saturated carbocycles. The number of nitrogens with zero attached hydrogens (tertiary/aromatic N) is 3. The van der Waals surface area contributed by atoms with E-state index in [1.165, 1.54) is 17.7 Å². The van der Waals surface area contributed by atoms with Crippen LogP contribution < -0.4 is 10.2 Å². The summed E-state index contributed by atoms with van der Waals surface area (Å²) in [6.07, 6.45) is 3.28. The van der Waals surface area contributed by atoms with Gasteiger partial charge in [-0.2, -0.15) is 0 Å². The highest BCUT2D eigenvalue weighted by Crippen LogP contribution is 2.25. The Morgan fingerprint density at radius 3 is 2.59 bits per heavy atom. The van der Waals surface area contributed by atoms with Gasteiger partial charge in [-0.05, 0) is 56.2 Å². The van der Waals surface area contributed by atoms with Crippen LogP contribution in [0.3, 0.4) is 0 Å². The molecular weight excluding hydrogens is 367 g/mol. The van der Waals surface area contributed by atoms with Gasteiger partial charge >= 0.3 is 0 Å². The van der Waals surface area contributed by atoms with Gasteiger partial charge in [0.15, 0.2) is 5.82 Å². The van der Waals surface area contributed by atoms with Crippen LogP contribution in [-0.4, -0.2) is 29.0 Å². The van der Waals surface area contributed by atoms with Crippen molar-refractivity contribution < 1.29 is 9.18 Å². The van der Waals surface area contributed by atoms with Crippen molar-refractivity contribution in [2.45, 2.75) is 19.8 Å². The van der Waals surface area contributed by atoms with E-state index in [0.29, 0.717) is 11.5 Å². The standard InChI is InChI=1S/C23H23FN4O/c1-16-3-2-4-18(15-16)22-25-12-9-21(27-22)28-13-10-17(11-14-28)23(29)26-20-7-5-19(24)6-8-20/h2-9,12,15,17H,10-11,13-14H2,1H3,(H,26,29). The number of benzene rings is 2. The predicted molar refractivity (Wildman–Crippen MR) is 112 cm³/mol. The summed E-state index contributed by atoms with van der Waals surface area (Å²) in [5.41, 5.74) is 2.79. The molecule has 1 fully saturated rings. The topological polar surface area (TPSA) is 58.1 Å². The third-order valence-corrected chi connectivity index (χ3v) is 5.22. The summed E-state index contributed by atoms with van der Waals surface area (Å²) in [5, 5.41) is 2.88. The summed E-state index contributed by atoms with van der Waals surface area (Å²) >= 11 is 0. The number of carbonyl (C=O) groups is 1. The van der Waals surface area contributed by atoms with Gasteiger partial charge < -0.3 is 10.2 Å². The van der Waals surface area contributed by atoms with E-state index in [0.717, 1.165) is 37.3 Å². The summed E-state index contributed by atoms with van der Waals surface area (Å²) in [7, 11) is 0. The molecule has 2 aromatic carbocycles. The van der Waals surface area contributed by atoms with Gasteiger partial charge in [0.1, 0.15) is 11.6 Å². The molecule has 1 N–H and O–H groups in total. The van der Waals surface area contributed by atoms with Gasteiger partial charge in [0, 0.05) is 36.5 Å². The molecule has 2 heterocycles. The van der Waals surface area contributed by atoms with Crippen molar-refractivity contribution in [2.75, 3.05) is 23.3 Å². The first-order chi connectivity index (χ1) is 14.1. The van der Waals surface area contributed by atoms with Crippen molar-refractivity contribution in [1.29, 1.82) is 0 Å². The maximum atomic E-state index is 13.0. The fourth-order valence-corrected chi connectivity index (χ4v) is 3.60. The minimum Gasteiger partial charge on any atom is -0.356 e. The summed E-state index contributed by atoms with van der Waals surface area (Å²) in [6, 6.07) is 15.9. The van der Waals surface area contributed by atoms with Crippen LogP contribution in [0, 0.1) is 18.7 Å². The van der Waals surface area contributed by atoms with E-state index in [1.54, 1.807) is 18.3 Å². The molecule has 0 radical (unpaired) electrons. The Bertz CT molecular complexity index is 998. The molecule has 4 rings (SSSR count). The Labute approximate surface area is 169 Å². The number of piperidine rings is 1. The van der Waals surface area contributed by atoms with E-state index < -0.39 is 0 Å². The largest absolute Gasteiger partial charge is 0.356 e. The fraction of sp³-hybridized carbons (Fsp3) is 0.261. The van der Waals surface area contributed by atoms with Gasteiger partial charge in [-0.1, -0.05) is 23.8 Å². The number of anilines is 2. The van der Waals surface area contributed by atoms with Crippen molar-refractivity contribution in [3.05, 3.63) is 72.2 Å². The van der Waals surface area contributed by atoms with Crippen LogP contribution in [0.4, 0.5) is 15.9 Å². The van der Waals surface area contributed by atoms with E-state index >= 15 is 0 Å². The first-order valence-electron chi connectivity index (χ1n) is 9.80. The first-order valence-corrected chi connectivity index (χ1v) is 9.80. The molecule has 6 heteroatoms.